The molecule has 0 aliphatic heterocycles. The van der Waals surface area contributed by atoms with E-state index in [2.05, 4.69) is 38.3 Å². The van der Waals surface area contributed by atoms with Gasteiger partial charge in [0.15, 0.2) is 0 Å². The van der Waals surface area contributed by atoms with Crippen LogP contribution >= 0.6 is 15.9 Å². The summed E-state index contributed by atoms with van der Waals surface area (Å²) in [4.78, 5) is 4.09. The van der Waals surface area contributed by atoms with Crippen LogP contribution in [0.3, 0.4) is 0 Å². The highest BCUT2D eigenvalue weighted by molar-refractivity contribution is 9.10. The van der Waals surface area contributed by atoms with Gasteiger partial charge in [-0.1, -0.05) is 0 Å². The minimum atomic E-state index is 0.762. The van der Waals surface area contributed by atoms with Gasteiger partial charge in [0.25, 0.3) is 0 Å². The van der Waals surface area contributed by atoms with E-state index in [1.54, 1.807) is 12.4 Å². The zero-order chi connectivity index (χ0) is 11.4. The molecule has 0 atom stereocenters. The molecule has 0 amide bonds. The molecule has 0 bridgehead atoms. The quantitative estimate of drug-likeness (QED) is 0.937. The normalized spacial score (nSPS) is 10.4. The lowest BCUT2D eigenvalue weighted by molar-refractivity contribution is 0.659. The average molecular weight is 281 g/mol. The van der Waals surface area contributed by atoms with Gasteiger partial charge in [-0.3, -0.25) is 9.67 Å². The molecule has 5 heteroatoms. The first-order valence-electron chi connectivity index (χ1n) is 5.13. The number of halogens is 1. The van der Waals surface area contributed by atoms with Gasteiger partial charge >= 0.3 is 0 Å². The second-order valence-electron chi connectivity index (χ2n) is 3.45. The van der Waals surface area contributed by atoms with Gasteiger partial charge < -0.3 is 5.32 Å². The smallest absolute Gasteiger partial charge is 0.0540 e. The predicted octanol–water partition coefficient (Wildman–Crippen LogP) is 2.67. The van der Waals surface area contributed by atoms with E-state index < -0.39 is 0 Å². The zero-order valence-corrected chi connectivity index (χ0v) is 10.6. The minimum absolute atomic E-state index is 0.762. The Bertz CT molecular complexity index is 467. The molecule has 2 aromatic rings. The Morgan fingerprint density at radius 2 is 2.25 bits per heavy atom. The Hall–Kier alpha value is -1.36. The second kappa shape index (κ2) is 5.12. The van der Waals surface area contributed by atoms with E-state index in [-0.39, 0.29) is 0 Å². The first-order valence-corrected chi connectivity index (χ1v) is 5.93. The van der Waals surface area contributed by atoms with Crippen LogP contribution in [0.5, 0.6) is 0 Å². The summed E-state index contributed by atoms with van der Waals surface area (Å²) in [6, 6.07) is 2.00. The number of aromatic nitrogens is 3. The molecule has 0 saturated carbocycles. The van der Waals surface area contributed by atoms with Crippen molar-refractivity contribution in [3.05, 3.63) is 40.9 Å². The Morgan fingerprint density at radius 1 is 1.38 bits per heavy atom. The molecular weight excluding hydrogens is 268 g/mol. The van der Waals surface area contributed by atoms with Crippen LogP contribution < -0.4 is 5.32 Å². The number of hydrogen-bond donors (Lipinski definition) is 1. The molecule has 0 fully saturated rings. The minimum Gasteiger partial charge on any atom is -0.380 e. The van der Waals surface area contributed by atoms with Crippen molar-refractivity contribution in [2.45, 2.75) is 20.0 Å². The third kappa shape index (κ3) is 2.82. The summed E-state index contributed by atoms with van der Waals surface area (Å²) in [7, 11) is 0. The fraction of sp³-hybridized carbons (Fsp3) is 0.273. The highest BCUT2D eigenvalue weighted by Crippen LogP contribution is 2.14. The summed E-state index contributed by atoms with van der Waals surface area (Å²) in [6.45, 7) is 3.74. The van der Waals surface area contributed by atoms with Crippen LogP contribution in [0.1, 0.15) is 12.5 Å². The highest BCUT2D eigenvalue weighted by atomic mass is 79.9. The number of nitrogens with zero attached hydrogens (tertiary/aromatic N) is 3. The zero-order valence-electron chi connectivity index (χ0n) is 9.02. The molecule has 2 aromatic heterocycles. The van der Waals surface area contributed by atoms with Crippen LogP contribution in [0.4, 0.5) is 5.69 Å². The molecule has 84 valence electrons. The number of hydrogen-bond acceptors (Lipinski definition) is 3. The maximum atomic E-state index is 4.22. The van der Waals surface area contributed by atoms with Gasteiger partial charge in [0.2, 0.25) is 0 Å². The van der Waals surface area contributed by atoms with Crippen LogP contribution in [0.2, 0.25) is 0 Å². The SMILES string of the molecule is CCn1cc(CNc2cncc(Br)c2)cn1. The summed E-state index contributed by atoms with van der Waals surface area (Å²) in [6.07, 6.45) is 7.48. The molecule has 0 aromatic carbocycles. The molecule has 0 aliphatic rings. The van der Waals surface area contributed by atoms with Crippen molar-refractivity contribution in [3.8, 4) is 0 Å². The van der Waals surface area contributed by atoms with E-state index in [1.807, 2.05) is 23.1 Å². The van der Waals surface area contributed by atoms with E-state index in [1.165, 1.54) is 5.56 Å². The van der Waals surface area contributed by atoms with Gasteiger partial charge in [-0.05, 0) is 28.9 Å². The molecule has 4 nitrogen and oxygen atoms in total. The first-order chi connectivity index (χ1) is 7.78. The van der Waals surface area contributed by atoms with E-state index in [0.29, 0.717) is 0 Å². The molecule has 0 radical (unpaired) electrons. The van der Waals surface area contributed by atoms with Crippen molar-refractivity contribution in [2.24, 2.45) is 0 Å². The van der Waals surface area contributed by atoms with Gasteiger partial charge in [0.1, 0.15) is 0 Å². The van der Waals surface area contributed by atoms with Crippen molar-refractivity contribution in [3.63, 3.8) is 0 Å². The topological polar surface area (TPSA) is 42.7 Å². The van der Waals surface area contributed by atoms with Crippen molar-refractivity contribution in [1.29, 1.82) is 0 Å². The fourth-order valence-corrected chi connectivity index (χ4v) is 1.75. The maximum absolute atomic E-state index is 4.22. The highest BCUT2D eigenvalue weighted by Gasteiger charge is 1.98. The molecule has 16 heavy (non-hydrogen) atoms. The summed E-state index contributed by atoms with van der Waals surface area (Å²) in [5.41, 5.74) is 2.17. The fourth-order valence-electron chi connectivity index (χ4n) is 1.38. The van der Waals surface area contributed by atoms with Gasteiger partial charge in [-0.2, -0.15) is 5.10 Å². The lowest BCUT2D eigenvalue weighted by Gasteiger charge is -2.03. The van der Waals surface area contributed by atoms with Crippen molar-refractivity contribution >= 4 is 21.6 Å². The van der Waals surface area contributed by atoms with Gasteiger partial charge in [-0.15, -0.1) is 0 Å². The summed E-state index contributed by atoms with van der Waals surface area (Å²) in [5, 5.41) is 7.51. The number of pyridine rings is 1. The molecule has 0 aliphatic carbocycles. The molecule has 1 N–H and O–H groups in total. The molecule has 0 saturated heterocycles. The largest absolute Gasteiger partial charge is 0.380 e. The lowest BCUT2D eigenvalue weighted by atomic mass is 10.3. The molecule has 0 spiro atoms. The van der Waals surface area contributed by atoms with E-state index in [9.17, 15) is 0 Å². The predicted molar refractivity (Wildman–Crippen MR) is 67.2 cm³/mol. The third-order valence-corrected chi connectivity index (χ3v) is 2.65. The lowest BCUT2D eigenvalue weighted by Crippen LogP contribution is -1.99. The van der Waals surface area contributed by atoms with E-state index in [0.717, 1.165) is 23.2 Å². The number of aryl methyl sites for hydroxylation is 1. The van der Waals surface area contributed by atoms with Crippen LogP contribution in [-0.4, -0.2) is 14.8 Å². The molecular formula is C11H13BrN4. The monoisotopic (exact) mass is 280 g/mol. The molecule has 0 unspecified atom stereocenters. The van der Waals surface area contributed by atoms with Crippen LogP contribution in [-0.2, 0) is 13.1 Å². The summed E-state index contributed by atoms with van der Waals surface area (Å²) in [5.74, 6) is 0. The van der Waals surface area contributed by atoms with E-state index >= 15 is 0 Å². The maximum Gasteiger partial charge on any atom is 0.0540 e. The third-order valence-electron chi connectivity index (χ3n) is 2.21. The Morgan fingerprint density at radius 3 is 2.94 bits per heavy atom. The Labute approximate surface area is 103 Å². The van der Waals surface area contributed by atoms with Crippen LogP contribution in [0, 0.1) is 0 Å². The van der Waals surface area contributed by atoms with Crippen LogP contribution in [0.15, 0.2) is 35.3 Å². The number of nitrogens with one attached hydrogen (secondary N) is 1. The van der Waals surface area contributed by atoms with Crippen molar-refractivity contribution in [2.75, 3.05) is 5.32 Å². The van der Waals surface area contributed by atoms with E-state index in [4.69, 9.17) is 0 Å². The van der Waals surface area contributed by atoms with Crippen molar-refractivity contribution in [1.82, 2.24) is 14.8 Å². The van der Waals surface area contributed by atoms with Gasteiger partial charge in [0, 0.05) is 35.5 Å². The second-order valence-corrected chi connectivity index (χ2v) is 4.37. The van der Waals surface area contributed by atoms with Gasteiger partial charge in [-0.25, -0.2) is 0 Å². The van der Waals surface area contributed by atoms with Crippen LogP contribution in [0.25, 0.3) is 0 Å². The molecule has 2 rings (SSSR count). The van der Waals surface area contributed by atoms with Crippen molar-refractivity contribution < 1.29 is 0 Å². The number of rotatable bonds is 4. The summed E-state index contributed by atoms with van der Waals surface area (Å²) >= 11 is 3.38. The first kappa shape index (κ1) is 11.1. The molecule has 2 heterocycles. The number of anilines is 1. The van der Waals surface area contributed by atoms with Gasteiger partial charge in [0.05, 0.1) is 18.1 Å². The Kier molecular flexibility index (Phi) is 3.56. The Balaban J connectivity index is 1.96. The summed E-state index contributed by atoms with van der Waals surface area (Å²) < 4.78 is 2.89. The average Bonchev–Trinajstić information content (AvgIpc) is 2.74. The standard InChI is InChI=1S/C11H13BrN4/c1-2-16-8-9(5-15-16)4-14-11-3-10(12)6-13-7-11/h3,5-8,14H,2,4H2,1H3.